The van der Waals surface area contributed by atoms with Gasteiger partial charge in [0.1, 0.15) is 0 Å². The Morgan fingerprint density at radius 1 is 1.30 bits per heavy atom. The summed E-state index contributed by atoms with van der Waals surface area (Å²) in [6, 6.07) is 0. The summed E-state index contributed by atoms with van der Waals surface area (Å²) in [5, 5.41) is 9.63. The van der Waals surface area contributed by atoms with E-state index in [-0.39, 0.29) is 6.10 Å². The second kappa shape index (κ2) is 2.91. The standard InChI is InChI=1S/C9H18O/c1-6(2)8-5-4-7(3)9(8)10/h6-10H,4-5H2,1-3H3/t7-,8+,9-/m0/s1. The number of hydrogen-bond donors (Lipinski definition) is 1. The molecule has 1 nitrogen and oxygen atoms in total. The zero-order valence-corrected chi connectivity index (χ0v) is 7.17. The Morgan fingerprint density at radius 3 is 2.10 bits per heavy atom. The van der Waals surface area contributed by atoms with E-state index in [4.69, 9.17) is 0 Å². The predicted molar refractivity (Wildman–Crippen MR) is 42.7 cm³/mol. The van der Waals surface area contributed by atoms with Crippen molar-refractivity contribution in [1.29, 1.82) is 0 Å². The molecule has 10 heavy (non-hydrogen) atoms. The predicted octanol–water partition coefficient (Wildman–Crippen LogP) is 2.05. The maximum atomic E-state index is 9.63. The Morgan fingerprint density at radius 2 is 1.90 bits per heavy atom. The molecular formula is C9H18O. The van der Waals surface area contributed by atoms with Gasteiger partial charge in [0.25, 0.3) is 0 Å². The number of hydrogen-bond acceptors (Lipinski definition) is 1. The van der Waals surface area contributed by atoms with Gasteiger partial charge in [-0.1, -0.05) is 20.8 Å². The van der Waals surface area contributed by atoms with Crippen molar-refractivity contribution in [3.63, 3.8) is 0 Å². The summed E-state index contributed by atoms with van der Waals surface area (Å²) in [7, 11) is 0. The van der Waals surface area contributed by atoms with E-state index < -0.39 is 0 Å². The zero-order valence-electron chi connectivity index (χ0n) is 7.17. The quantitative estimate of drug-likeness (QED) is 0.594. The van der Waals surface area contributed by atoms with Gasteiger partial charge in [-0.05, 0) is 30.6 Å². The lowest BCUT2D eigenvalue weighted by molar-refractivity contribution is 0.0775. The van der Waals surface area contributed by atoms with Crippen molar-refractivity contribution >= 4 is 0 Å². The molecule has 1 N–H and O–H groups in total. The number of aliphatic hydroxyl groups is 1. The van der Waals surface area contributed by atoms with Crippen LogP contribution >= 0.6 is 0 Å². The average molecular weight is 142 g/mol. The minimum atomic E-state index is -0.0278. The lowest BCUT2D eigenvalue weighted by Gasteiger charge is -2.20. The summed E-state index contributed by atoms with van der Waals surface area (Å²) in [5.74, 6) is 1.75. The maximum Gasteiger partial charge on any atom is 0.0596 e. The van der Waals surface area contributed by atoms with Crippen molar-refractivity contribution in [2.24, 2.45) is 17.8 Å². The molecule has 1 aliphatic carbocycles. The molecule has 1 heteroatoms. The van der Waals surface area contributed by atoms with Crippen LogP contribution in [0.2, 0.25) is 0 Å². The highest BCUT2D eigenvalue weighted by atomic mass is 16.3. The molecule has 0 saturated heterocycles. The molecule has 0 radical (unpaired) electrons. The van der Waals surface area contributed by atoms with E-state index in [0.29, 0.717) is 17.8 Å². The van der Waals surface area contributed by atoms with E-state index in [1.807, 2.05) is 0 Å². The zero-order chi connectivity index (χ0) is 7.72. The molecule has 0 spiro atoms. The second-order valence-electron chi connectivity index (χ2n) is 3.95. The fourth-order valence-corrected chi connectivity index (χ4v) is 1.95. The van der Waals surface area contributed by atoms with Gasteiger partial charge in [0, 0.05) is 0 Å². The fourth-order valence-electron chi connectivity index (χ4n) is 1.95. The summed E-state index contributed by atoms with van der Waals surface area (Å²) in [4.78, 5) is 0. The van der Waals surface area contributed by atoms with E-state index in [9.17, 15) is 5.11 Å². The van der Waals surface area contributed by atoms with Gasteiger partial charge in [-0.2, -0.15) is 0 Å². The molecule has 1 rings (SSSR count). The molecule has 3 atom stereocenters. The van der Waals surface area contributed by atoms with Gasteiger partial charge in [-0.25, -0.2) is 0 Å². The third kappa shape index (κ3) is 1.34. The molecule has 0 amide bonds. The lowest BCUT2D eigenvalue weighted by Crippen LogP contribution is -2.22. The summed E-state index contributed by atoms with van der Waals surface area (Å²) in [6.45, 7) is 6.55. The van der Waals surface area contributed by atoms with Crippen LogP contribution in [0.5, 0.6) is 0 Å². The van der Waals surface area contributed by atoms with Crippen molar-refractivity contribution < 1.29 is 5.11 Å². The highest BCUT2D eigenvalue weighted by Crippen LogP contribution is 2.35. The molecule has 0 aromatic rings. The Kier molecular flexibility index (Phi) is 2.35. The molecule has 0 aliphatic heterocycles. The molecule has 1 fully saturated rings. The van der Waals surface area contributed by atoms with Gasteiger partial charge in [0.05, 0.1) is 6.10 Å². The molecule has 0 heterocycles. The summed E-state index contributed by atoms with van der Waals surface area (Å²) in [6.07, 6.45) is 2.41. The Labute approximate surface area is 63.4 Å². The van der Waals surface area contributed by atoms with Crippen LogP contribution in [-0.4, -0.2) is 11.2 Å². The van der Waals surface area contributed by atoms with Gasteiger partial charge in [-0.15, -0.1) is 0 Å². The highest BCUT2D eigenvalue weighted by Gasteiger charge is 2.33. The van der Waals surface area contributed by atoms with E-state index in [1.54, 1.807) is 0 Å². The van der Waals surface area contributed by atoms with Gasteiger partial charge in [-0.3, -0.25) is 0 Å². The molecule has 0 bridgehead atoms. The normalized spacial score (nSPS) is 41.1. The van der Waals surface area contributed by atoms with Crippen LogP contribution in [0.15, 0.2) is 0 Å². The van der Waals surface area contributed by atoms with E-state index in [1.165, 1.54) is 12.8 Å². The first kappa shape index (κ1) is 8.06. The topological polar surface area (TPSA) is 20.2 Å². The van der Waals surface area contributed by atoms with Crippen molar-refractivity contribution in [1.82, 2.24) is 0 Å². The minimum absolute atomic E-state index is 0.0278. The van der Waals surface area contributed by atoms with Gasteiger partial charge < -0.3 is 5.11 Å². The largest absolute Gasteiger partial charge is 0.393 e. The second-order valence-corrected chi connectivity index (χ2v) is 3.95. The first-order valence-corrected chi connectivity index (χ1v) is 4.31. The van der Waals surface area contributed by atoms with Crippen LogP contribution in [0.1, 0.15) is 33.6 Å². The fraction of sp³-hybridized carbons (Fsp3) is 1.00. The first-order chi connectivity index (χ1) is 4.63. The average Bonchev–Trinajstić information content (AvgIpc) is 2.14. The van der Waals surface area contributed by atoms with Crippen molar-refractivity contribution in [2.45, 2.75) is 39.7 Å². The third-order valence-electron chi connectivity index (χ3n) is 2.83. The molecule has 60 valence electrons. The molecule has 0 unspecified atom stereocenters. The van der Waals surface area contributed by atoms with E-state index in [0.717, 1.165) is 0 Å². The number of rotatable bonds is 1. The van der Waals surface area contributed by atoms with Gasteiger partial charge >= 0.3 is 0 Å². The Bertz CT molecular complexity index is 109. The lowest BCUT2D eigenvalue weighted by atomic mass is 9.91. The van der Waals surface area contributed by atoms with Crippen molar-refractivity contribution in [3.05, 3.63) is 0 Å². The molecule has 1 aliphatic rings. The van der Waals surface area contributed by atoms with Gasteiger partial charge in [0.15, 0.2) is 0 Å². The van der Waals surface area contributed by atoms with Crippen LogP contribution in [0.3, 0.4) is 0 Å². The molecule has 0 aromatic carbocycles. The van der Waals surface area contributed by atoms with Crippen LogP contribution in [-0.2, 0) is 0 Å². The minimum Gasteiger partial charge on any atom is -0.393 e. The smallest absolute Gasteiger partial charge is 0.0596 e. The van der Waals surface area contributed by atoms with Crippen LogP contribution in [0.4, 0.5) is 0 Å². The van der Waals surface area contributed by atoms with E-state index >= 15 is 0 Å². The molecule has 0 aromatic heterocycles. The first-order valence-electron chi connectivity index (χ1n) is 4.31. The maximum absolute atomic E-state index is 9.63. The number of aliphatic hydroxyl groups excluding tert-OH is 1. The molecule has 1 saturated carbocycles. The van der Waals surface area contributed by atoms with Gasteiger partial charge in [0.2, 0.25) is 0 Å². The summed E-state index contributed by atoms with van der Waals surface area (Å²) in [5.41, 5.74) is 0. The van der Waals surface area contributed by atoms with Crippen LogP contribution in [0.25, 0.3) is 0 Å². The monoisotopic (exact) mass is 142 g/mol. The Balaban J connectivity index is 2.49. The third-order valence-corrected chi connectivity index (χ3v) is 2.83. The summed E-state index contributed by atoms with van der Waals surface area (Å²) >= 11 is 0. The van der Waals surface area contributed by atoms with Crippen molar-refractivity contribution in [3.8, 4) is 0 Å². The SMILES string of the molecule is CC(C)[C@H]1CC[C@H](C)[C@@H]1O. The summed E-state index contributed by atoms with van der Waals surface area (Å²) < 4.78 is 0. The van der Waals surface area contributed by atoms with Crippen molar-refractivity contribution in [2.75, 3.05) is 0 Å². The van der Waals surface area contributed by atoms with Crippen LogP contribution in [0, 0.1) is 17.8 Å². The van der Waals surface area contributed by atoms with Crippen LogP contribution < -0.4 is 0 Å². The highest BCUT2D eigenvalue weighted by molar-refractivity contribution is 4.83. The van der Waals surface area contributed by atoms with E-state index in [2.05, 4.69) is 20.8 Å². The molecular weight excluding hydrogens is 124 g/mol. The Hall–Kier alpha value is -0.0400.